The van der Waals surface area contributed by atoms with Crippen molar-refractivity contribution in [2.75, 3.05) is 31.1 Å². The van der Waals surface area contributed by atoms with E-state index in [2.05, 4.69) is 33.9 Å². The number of aliphatic hydroxyl groups is 3. The lowest BCUT2D eigenvalue weighted by atomic mass is 9.46. The molecule has 6 spiro atoms. The molecule has 12 nitrogen and oxygen atoms in total. The highest BCUT2D eigenvalue weighted by Crippen LogP contribution is 2.73. The Balaban J connectivity index is 1.12. The maximum atomic E-state index is 13.0. The Kier molecular flexibility index (Phi) is 15.2. The van der Waals surface area contributed by atoms with Gasteiger partial charge in [-0.15, -0.1) is 0 Å². The second-order valence-electron chi connectivity index (χ2n) is 23.9. The molecular weight excluding hydrogens is 919 g/mol. The van der Waals surface area contributed by atoms with Crippen molar-refractivity contribution in [2.45, 2.75) is 209 Å². The van der Waals surface area contributed by atoms with E-state index >= 15 is 0 Å². The number of aliphatic imine (C=N–C) groups is 1. The normalized spacial score (nSPS) is 39.8. The van der Waals surface area contributed by atoms with E-state index in [-0.39, 0.29) is 47.3 Å². The van der Waals surface area contributed by atoms with Crippen LogP contribution in [0.5, 0.6) is 11.5 Å². The maximum Gasteiger partial charge on any atom is 0.302 e. The van der Waals surface area contributed by atoms with Crippen LogP contribution in [-0.4, -0.2) is 105 Å². The molecule has 3 heterocycles. The van der Waals surface area contributed by atoms with Crippen molar-refractivity contribution in [3.63, 3.8) is 0 Å². The van der Waals surface area contributed by atoms with Gasteiger partial charge in [0, 0.05) is 61.7 Å². The van der Waals surface area contributed by atoms with Crippen LogP contribution >= 0.6 is 21.6 Å². The molecule has 1 aromatic rings. The van der Waals surface area contributed by atoms with Crippen LogP contribution in [0.15, 0.2) is 29.3 Å². The first kappa shape index (κ1) is 50.9. The van der Waals surface area contributed by atoms with Gasteiger partial charge in [-0.05, 0) is 149 Å². The number of guanidine groups is 1. The number of hydrogen-bond acceptors (Lipinski definition) is 14. The van der Waals surface area contributed by atoms with Crippen molar-refractivity contribution in [1.29, 1.82) is 0 Å². The Morgan fingerprint density at radius 2 is 1.77 bits per heavy atom. The molecule has 1 aromatic carbocycles. The van der Waals surface area contributed by atoms with E-state index in [9.17, 15) is 25.2 Å². The van der Waals surface area contributed by atoms with E-state index in [1.165, 1.54) is 90.4 Å². The van der Waals surface area contributed by atoms with E-state index in [0.717, 1.165) is 68.8 Å². The zero-order valence-corrected chi connectivity index (χ0v) is 43.6. The lowest BCUT2D eigenvalue weighted by molar-refractivity contribution is -0.152. The molecule has 10 rings (SSSR count). The standard InChI is InChI=1S/C56H83N5O7S2/c1-38(63)67-46-32-42(64)13-23-54-22-12-39-9-7-20-53(33-43(14-26-59-53)68-47-31-40(29-44(39)46)41(34-62)30-45(47)65)36-58-27-28-69-70-37-56(61-50(57)60-48(54)10-6-11-49(54)66)35-51(15-2-3-16-51)24-25-55(56)21-8-19-52(55)17-4-5-18-52/h6,10,30-31,39,42-44,46,48-49,58-59,62,64-66H,2-5,7-9,11,13-21,23-29,32-37H2,1H3,(H3,57,60,61). The molecule has 3 aliphatic heterocycles. The molecule has 5 fully saturated rings. The number of hydrogen-bond donors (Lipinski definition) is 8. The number of phenols is 1. The molecule has 1 saturated heterocycles. The second kappa shape index (κ2) is 20.9. The third kappa shape index (κ3) is 9.78. The highest BCUT2D eigenvalue weighted by atomic mass is 33.1. The third-order valence-electron chi connectivity index (χ3n) is 20.0. The zero-order valence-electron chi connectivity index (χ0n) is 41.9. The summed E-state index contributed by atoms with van der Waals surface area (Å²) in [5.41, 5.74) is 7.96. The number of rotatable bonds is 2. The lowest BCUT2D eigenvalue weighted by Crippen LogP contribution is -2.70. The van der Waals surface area contributed by atoms with E-state index in [0.29, 0.717) is 60.2 Å². The number of fused-ring (bicyclic) bond motifs is 7. The van der Waals surface area contributed by atoms with Crippen LogP contribution < -0.4 is 26.4 Å². The van der Waals surface area contributed by atoms with Crippen molar-refractivity contribution in [3.05, 3.63) is 35.4 Å². The zero-order chi connectivity index (χ0) is 48.6. The van der Waals surface area contributed by atoms with Gasteiger partial charge in [0.15, 0.2) is 17.5 Å². The van der Waals surface area contributed by atoms with Gasteiger partial charge in [-0.1, -0.05) is 84.1 Å². The van der Waals surface area contributed by atoms with Crippen molar-refractivity contribution in [2.24, 2.45) is 44.2 Å². The molecule has 9 aliphatic rings. The number of phenolic OH excluding ortho intramolecular Hbond substituents is 1. The topological polar surface area (TPSA) is 191 Å². The summed E-state index contributed by atoms with van der Waals surface area (Å²) in [5, 5.41) is 58.9. The molecule has 6 aliphatic carbocycles. The first-order chi connectivity index (χ1) is 33.8. The van der Waals surface area contributed by atoms with Gasteiger partial charge in [-0.2, -0.15) is 0 Å². The predicted molar refractivity (Wildman–Crippen MR) is 279 cm³/mol. The van der Waals surface area contributed by atoms with Gasteiger partial charge in [0.25, 0.3) is 0 Å². The molecule has 0 aromatic heterocycles. The van der Waals surface area contributed by atoms with Gasteiger partial charge in [0.2, 0.25) is 0 Å². The number of nitrogens with two attached hydrogens (primary N) is 1. The number of ether oxygens (including phenoxy) is 2. The minimum absolute atomic E-state index is 0.0154. The molecule has 14 heteroatoms. The van der Waals surface area contributed by atoms with Crippen LogP contribution in [0, 0.1) is 45.3 Å². The second-order valence-corrected chi connectivity index (χ2v) is 26.4. The summed E-state index contributed by atoms with van der Waals surface area (Å²) in [5.74, 6) is 9.19. The Morgan fingerprint density at radius 3 is 2.59 bits per heavy atom. The molecule has 0 amide bonds. The Bertz CT molecular complexity index is 2170. The molecule has 4 saturated carbocycles. The quantitative estimate of drug-likeness (QED) is 0.0617. The smallest absolute Gasteiger partial charge is 0.302 e. The fourth-order valence-electron chi connectivity index (χ4n) is 16.7. The number of nitrogens with one attached hydrogen (secondary N) is 3. The lowest BCUT2D eigenvalue weighted by Gasteiger charge is -2.63. The minimum atomic E-state index is -1.04. The van der Waals surface area contributed by atoms with Gasteiger partial charge < -0.3 is 51.6 Å². The predicted octanol–water partition coefficient (Wildman–Crippen LogP) is 7.97. The number of esters is 1. The average molecular weight is 1000 g/mol. The van der Waals surface area contributed by atoms with Gasteiger partial charge >= 0.3 is 5.97 Å². The van der Waals surface area contributed by atoms with Crippen molar-refractivity contribution in [1.82, 2.24) is 16.0 Å². The number of carbonyl (C=O) groups is 1. The summed E-state index contributed by atoms with van der Waals surface area (Å²) >= 11 is 0. The first-order valence-corrected chi connectivity index (χ1v) is 30.0. The Hall–Kier alpha value is -2.64. The maximum absolute atomic E-state index is 13.0. The molecule has 9 N–H and O–H groups in total. The molecular formula is C56H83N5O7S2. The molecule has 11 atom stereocenters. The summed E-state index contributed by atoms with van der Waals surface area (Å²) in [6.45, 7) is 3.52. The fourth-order valence-corrected chi connectivity index (χ4v) is 19.2. The molecule has 70 heavy (non-hydrogen) atoms. The van der Waals surface area contributed by atoms with Crippen LogP contribution in [0.4, 0.5) is 0 Å². The number of aliphatic hydroxyl groups excluding tert-OH is 3. The largest absolute Gasteiger partial charge is 0.504 e. The van der Waals surface area contributed by atoms with Crippen LogP contribution in [0.25, 0.3) is 0 Å². The van der Waals surface area contributed by atoms with E-state index in [1.54, 1.807) is 6.07 Å². The number of carbonyl (C=O) groups excluding carboxylic acids is 1. The van der Waals surface area contributed by atoms with Gasteiger partial charge in [0.1, 0.15) is 12.2 Å². The number of benzene rings is 1. The van der Waals surface area contributed by atoms with Gasteiger partial charge in [-0.25, -0.2) is 4.99 Å². The van der Waals surface area contributed by atoms with Crippen molar-refractivity contribution >= 4 is 33.5 Å². The van der Waals surface area contributed by atoms with Gasteiger partial charge in [-0.3, -0.25) is 4.79 Å². The molecule has 6 bridgehead atoms. The van der Waals surface area contributed by atoms with E-state index in [4.69, 9.17) is 20.2 Å². The Labute approximate surface area is 425 Å². The highest BCUT2D eigenvalue weighted by Gasteiger charge is 2.68. The monoisotopic (exact) mass is 1000 g/mol. The van der Waals surface area contributed by atoms with Crippen molar-refractivity contribution < 1.29 is 34.7 Å². The van der Waals surface area contributed by atoms with Crippen LogP contribution in [0.2, 0.25) is 0 Å². The molecule has 386 valence electrons. The molecule has 11 unspecified atom stereocenters. The van der Waals surface area contributed by atoms with Crippen molar-refractivity contribution in [3.8, 4) is 23.3 Å². The summed E-state index contributed by atoms with van der Waals surface area (Å²) in [7, 11) is 4.02. The summed E-state index contributed by atoms with van der Waals surface area (Å²) < 4.78 is 13.0. The van der Waals surface area contributed by atoms with Crippen LogP contribution in [0.3, 0.4) is 0 Å². The SMILES string of the molecule is CC(=O)OC1CC(O)CCC23C#CC4CCCC5(CNCCSSCC6(CC7(CCCC7)CCC67CCCC76CCCC6)NC(N)=NC2C=CCC3O)CC(CCN5)Oc2cc(c(CO)cc2O)CC41. The number of nitrogens with zero attached hydrogens (tertiary/aromatic N) is 1. The minimum Gasteiger partial charge on any atom is -0.504 e. The first-order valence-electron chi connectivity index (χ1n) is 27.5. The average Bonchev–Trinajstić information content (AvgIpc) is 4.09. The summed E-state index contributed by atoms with van der Waals surface area (Å²) in [6.07, 6.45) is 25.0. The van der Waals surface area contributed by atoms with E-state index in [1.807, 2.05) is 33.7 Å². The summed E-state index contributed by atoms with van der Waals surface area (Å²) in [4.78, 5) is 18.5. The Morgan fingerprint density at radius 1 is 0.957 bits per heavy atom. The number of piperidine rings is 1. The van der Waals surface area contributed by atoms with Crippen LogP contribution in [-0.2, 0) is 22.6 Å². The summed E-state index contributed by atoms with van der Waals surface area (Å²) in [6, 6.07) is 2.90. The molecule has 0 radical (unpaired) electrons. The fraction of sp³-hybridized carbons (Fsp3) is 0.786. The van der Waals surface area contributed by atoms with Crippen LogP contribution in [0.1, 0.15) is 166 Å². The third-order valence-corrected chi connectivity index (χ3v) is 22.5. The highest BCUT2D eigenvalue weighted by molar-refractivity contribution is 8.76. The number of aromatic hydroxyl groups is 1. The van der Waals surface area contributed by atoms with E-state index < -0.39 is 41.7 Å². The van der Waals surface area contributed by atoms with Gasteiger partial charge in [0.05, 0.1) is 35.8 Å².